The summed E-state index contributed by atoms with van der Waals surface area (Å²) in [6.07, 6.45) is 5.27. The van der Waals surface area contributed by atoms with Gasteiger partial charge in [-0.3, -0.25) is 4.40 Å². The van der Waals surface area contributed by atoms with Crippen LogP contribution in [0.2, 0.25) is 0 Å². The minimum atomic E-state index is -0.249. The van der Waals surface area contributed by atoms with Gasteiger partial charge in [-0.05, 0) is 19.1 Å². The van der Waals surface area contributed by atoms with Crippen molar-refractivity contribution in [1.29, 1.82) is 0 Å². The summed E-state index contributed by atoms with van der Waals surface area (Å²) in [5.41, 5.74) is 3.84. The Morgan fingerprint density at radius 2 is 2.03 bits per heavy atom. The van der Waals surface area contributed by atoms with Gasteiger partial charge in [0, 0.05) is 29.9 Å². The van der Waals surface area contributed by atoms with Crippen LogP contribution in [0.5, 0.6) is 11.5 Å². The van der Waals surface area contributed by atoms with Crippen LogP contribution >= 0.6 is 0 Å². The van der Waals surface area contributed by atoms with Gasteiger partial charge in [0.2, 0.25) is 0 Å². The molecule has 0 saturated carbocycles. The summed E-state index contributed by atoms with van der Waals surface area (Å²) in [6, 6.07) is 5.06. The van der Waals surface area contributed by atoms with Crippen LogP contribution in [-0.4, -0.2) is 37.4 Å². The maximum absolute atomic E-state index is 14.6. The van der Waals surface area contributed by atoms with Crippen LogP contribution in [0.25, 0.3) is 11.3 Å². The molecule has 0 amide bonds. The number of imidazole rings is 1. The maximum atomic E-state index is 14.6. The Labute approximate surface area is 164 Å². The number of aryl methyl sites for hydroxylation is 1. The van der Waals surface area contributed by atoms with E-state index in [9.17, 15) is 4.39 Å². The largest absolute Gasteiger partial charge is 0.493 e. The van der Waals surface area contributed by atoms with E-state index in [1.54, 1.807) is 18.7 Å². The van der Waals surface area contributed by atoms with E-state index >= 15 is 0 Å². The first-order chi connectivity index (χ1) is 14.2. The number of fused-ring (bicyclic) bond motifs is 3. The molecule has 6 rings (SSSR count). The summed E-state index contributed by atoms with van der Waals surface area (Å²) >= 11 is 0. The van der Waals surface area contributed by atoms with Crippen molar-refractivity contribution in [3.8, 4) is 17.2 Å². The van der Waals surface area contributed by atoms with Gasteiger partial charge in [0.05, 0.1) is 36.8 Å². The number of pyridine rings is 1. The molecule has 1 atom stereocenters. The minimum Gasteiger partial charge on any atom is -0.493 e. The van der Waals surface area contributed by atoms with Crippen LogP contribution < -0.4 is 14.8 Å². The predicted molar refractivity (Wildman–Crippen MR) is 102 cm³/mol. The van der Waals surface area contributed by atoms with Crippen molar-refractivity contribution in [1.82, 2.24) is 24.1 Å². The topological polar surface area (TPSA) is 78.5 Å². The average molecular weight is 392 g/mol. The molecule has 3 aromatic heterocycles. The number of hydrogen-bond donors (Lipinski definition) is 1. The van der Waals surface area contributed by atoms with Crippen LogP contribution in [0.15, 0.2) is 37.1 Å². The van der Waals surface area contributed by atoms with Crippen molar-refractivity contribution >= 4 is 11.5 Å². The lowest BCUT2D eigenvalue weighted by Gasteiger charge is -2.16. The Hall–Kier alpha value is -3.62. The highest BCUT2D eigenvalue weighted by Crippen LogP contribution is 2.41. The van der Waals surface area contributed by atoms with Crippen molar-refractivity contribution in [3.05, 3.63) is 59.7 Å². The zero-order valence-electron chi connectivity index (χ0n) is 15.6. The number of aromatic nitrogens is 5. The summed E-state index contributed by atoms with van der Waals surface area (Å²) in [5, 5.41) is 11.7. The molecule has 2 aliphatic rings. The molecule has 0 spiro atoms. The SMILES string of the molecule is Cc1cn(-c2cc3c(n4cnnc24)NCc2c(F)ccc4c2[C@H](CO4)CO3)cn1. The fourth-order valence-corrected chi connectivity index (χ4v) is 4.11. The van der Waals surface area contributed by atoms with Crippen molar-refractivity contribution < 1.29 is 13.9 Å². The third-order valence-electron chi connectivity index (χ3n) is 5.49. The fraction of sp³-hybridized carbons (Fsp3) is 0.250. The lowest BCUT2D eigenvalue weighted by atomic mass is 9.96. The van der Waals surface area contributed by atoms with Crippen molar-refractivity contribution in [3.63, 3.8) is 0 Å². The zero-order valence-corrected chi connectivity index (χ0v) is 15.6. The molecule has 0 fully saturated rings. The summed E-state index contributed by atoms with van der Waals surface area (Å²) in [6.45, 7) is 3.09. The monoisotopic (exact) mass is 392 g/mol. The molecule has 0 bridgehead atoms. The smallest absolute Gasteiger partial charge is 0.186 e. The molecule has 0 aliphatic carbocycles. The van der Waals surface area contributed by atoms with Gasteiger partial charge >= 0.3 is 0 Å². The van der Waals surface area contributed by atoms with E-state index in [4.69, 9.17) is 9.47 Å². The predicted octanol–water partition coefficient (Wildman–Crippen LogP) is 2.84. The molecule has 8 nitrogen and oxygen atoms in total. The van der Waals surface area contributed by atoms with Crippen LogP contribution in [0, 0.1) is 12.7 Å². The van der Waals surface area contributed by atoms with Gasteiger partial charge in [0.1, 0.15) is 17.9 Å². The third-order valence-corrected chi connectivity index (χ3v) is 5.49. The summed E-state index contributed by atoms with van der Waals surface area (Å²) < 4.78 is 30.3. The van der Waals surface area contributed by atoms with E-state index in [1.165, 1.54) is 6.07 Å². The summed E-state index contributed by atoms with van der Waals surface area (Å²) in [4.78, 5) is 4.30. The maximum Gasteiger partial charge on any atom is 0.186 e. The van der Waals surface area contributed by atoms with E-state index in [2.05, 4.69) is 20.5 Å². The molecule has 0 unspecified atom stereocenters. The van der Waals surface area contributed by atoms with Crippen LogP contribution in [0.3, 0.4) is 0 Å². The Balaban J connectivity index is 1.52. The summed E-state index contributed by atoms with van der Waals surface area (Å²) in [5.74, 6) is 1.77. The second-order valence-electron chi connectivity index (χ2n) is 7.30. The van der Waals surface area contributed by atoms with E-state index in [-0.39, 0.29) is 11.7 Å². The van der Waals surface area contributed by atoms with Gasteiger partial charge in [0.25, 0.3) is 0 Å². The molecule has 9 heteroatoms. The number of hydrogen-bond acceptors (Lipinski definition) is 6. The number of rotatable bonds is 1. The lowest BCUT2D eigenvalue weighted by Crippen LogP contribution is -2.13. The number of benzene rings is 1. The van der Waals surface area contributed by atoms with E-state index < -0.39 is 0 Å². The molecule has 2 aliphatic heterocycles. The number of nitrogens with one attached hydrogen (secondary N) is 1. The van der Waals surface area contributed by atoms with Crippen LogP contribution in [-0.2, 0) is 6.54 Å². The van der Waals surface area contributed by atoms with E-state index in [0.717, 1.165) is 22.7 Å². The molecular formula is C20H17FN6O2. The van der Waals surface area contributed by atoms with Crippen LogP contribution in [0.4, 0.5) is 10.2 Å². The quantitative estimate of drug-likeness (QED) is 0.537. The Kier molecular flexibility index (Phi) is 3.35. The first-order valence-corrected chi connectivity index (χ1v) is 9.37. The molecule has 1 N–H and O–H groups in total. The first kappa shape index (κ1) is 16.3. The Bertz CT molecular complexity index is 1260. The normalized spacial score (nSPS) is 17.4. The molecule has 1 aromatic carbocycles. The molecule has 5 heterocycles. The second-order valence-corrected chi connectivity index (χ2v) is 7.30. The Morgan fingerprint density at radius 1 is 1.17 bits per heavy atom. The highest BCUT2D eigenvalue weighted by Gasteiger charge is 2.31. The number of anilines is 1. The molecule has 146 valence electrons. The molecule has 0 radical (unpaired) electrons. The first-order valence-electron chi connectivity index (χ1n) is 9.37. The van der Waals surface area contributed by atoms with Crippen molar-refractivity contribution in [2.24, 2.45) is 0 Å². The highest BCUT2D eigenvalue weighted by molar-refractivity contribution is 5.70. The van der Waals surface area contributed by atoms with Crippen LogP contribution in [0.1, 0.15) is 22.7 Å². The van der Waals surface area contributed by atoms with E-state index in [0.29, 0.717) is 42.5 Å². The standard InChI is InChI=1S/C20H17FN6O2/c1-11-6-26(9-23-11)15-4-17-20(27-10-24-25-19(15)27)22-5-13-14(21)2-3-16-18(13)12(7-28-16)8-29-17/h2-4,6,9-10,12,22H,5,7-8H2,1H3/t12-/m1/s1. The minimum absolute atomic E-state index is 0.0287. The molecule has 4 aromatic rings. The second kappa shape index (κ2) is 5.94. The van der Waals surface area contributed by atoms with Gasteiger partial charge in [0.15, 0.2) is 17.2 Å². The number of nitrogens with zero attached hydrogens (tertiary/aromatic N) is 5. The van der Waals surface area contributed by atoms with E-state index in [1.807, 2.05) is 28.2 Å². The zero-order chi connectivity index (χ0) is 19.5. The molecule has 29 heavy (non-hydrogen) atoms. The lowest BCUT2D eigenvalue weighted by molar-refractivity contribution is 0.249. The number of halogens is 1. The van der Waals surface area contributed by atoms with Gasteiger partial charge < -0.3 is 19.4 Å². The fourth-order valence-electron chi connectivity index (χ4n) is 4.11. The Morgan fingerprint density at radius 3 is 2.86 bits per heavy atom. The van der Waals surface area contributed by atoms with Gasteiger partial charge in [-0.1, -0.05) is 0 Å². The molecular weight excluding hydrogens is 375 g/mol. The average Bonchev–Trinajstić information content (AvgIpc) is 3.45. The van der Waals surface area contributed by atoms with Crippen molar-refractivity contribution in [2.45, 2.75) is 19.4 Å². The number of ether oxygens (including phenoxy) is 2. The highest BCUT2D eigenvalue weighted by atomic mass is 19.1. The van der Waals surface area contributed by atoms with Gasteiger partial charge in [-0.15, -0.1) is 10.2 Å². The van der Waals surface area contributed by atoms with Gasteiger partial charge in [-0.25, -0.2) is 9.37 Å². The van der Waals surface area contributed by atoms with Crippen molar-refractivity contribution in [2.75, 3.05) is 18.5 Å². The van der Waals surface area contributed by atoms with Gasteiger partial charge in [-0.2, -0.15) is 0 Å². The molecule has 0 saturated heterocycles. The third kappa shape index (κ3) is 2.40. The summed E-state index contributed by atoms with van der Waals surface area (Å²) in [7, 11) is 0.